The van der Waals surface area contributed by atoms with Gasteiger partial charge in [0.1, 0.15) is 5.75 Å². The molecule has 2 amide bonds. The zero-order chi connectivity index (χ0) is 19.1. The van der Waals surface area contributed by atoms with Gasteiger partial charge >= 0.3 is 0 Å². The summed E-state index contributed by atoms with van der Waals surface area (Å²) in [5.41, 5.74) is 2.31. The summed E-state index contributed by atoms with van der Waals surface area (Å²) in [6.07, 6.45) is 0.241. The third-order valence-electron chi connectivity index (χ3n) is 4.11. The standard InChI is InChI=1S/C21H26N2O3/c1-5-15(3)22-21(25)17-8-10-18(11-9-17)23-20(24)16(4)26-19-12-6-14(2)7-13-19/h6-13,15-16H,5H2,1-4H3,(H,22,25)(H,23,24). The highest BCUT2D eigenvalue weighted by molar-refractivity contribution is 5.96. The molecule has 0 saturated carbocycles. The van der Waals surface area contributed by atoms with Crippen LogP contribution in [0, 0.1) is 6.92 Å². The lowest BCUT2D eigenvalue weighted by Crippen LogP contribution is -2.32. The van der Waals surface area contributed by atoms with Crippen molar-refractivity contribution in [1.82, 2.24) is 5.32 Å². The number of anilines is 1. The first-order valence-electron chi connectivity index (χ1n) is 8.84. The van der Waals surface area contributed by atoms with Crippen molar-refractivity contribution in [2.75, 3.05) is 5.32 Å². The number of aryl methyl sites for hydroxylation is 1. The molecule has 0 spiro atoms. The van der Waals surface area contributed by atoms with E-state index in [1.54, 1.807) is 31.2 Å². The van der Waals surface area contributed by atoms with Gasteiger partial charge in [0.05, 0.1) is 0 Å². The third kappa shape index (κ3) is 5.62. The normalized spacial score (nSPS) is 12.8. The molecule has 26 heavy (non-hydrogen) atoms. The maximum absolute atomic E-state index is 12.3. The van der Waals surface area contributed by atoms with Crippen molar-refractivity contribution in [1.29, 1.82) is 0 Å². The number of carbonyl (C=O) groups excluding carboxylic acids is 2. The lowest BCUT2D eigenvalue weighted by Gasteiger charge is -2.15. The molecule has 0 heterocycles. The van der Waals surface area contributed by atoms with Crippen LogP contribution < -0.4 is 15.4 Å². The fraction of sp³-hybridized carbons (Fsp3) is 0.333. The van der Waals surface area contributed by atoms with E-state index in [0.29, 0.717) is 17.0 Å². The minimum Gasteiger partial charge on any atom is -0.481 e. The fourth-order valence-corrected chi connectivity index (χ4v) is 2.23. The van der Waals surface area contributed by atoms with Crippen LogP contribution >= 0.6 is 0 Å². The van der Waals surface area contributed by atoms with Crippen molar-refractivity contribution in [2.24, 2.45) is 0 Å². The summed E-state index contributed by atoms with van der Waals surface area (Å²) in [5.74, 6) is 0.283. The van der Waals surface area contributed by atoms with Gasteiger partial charge in [0, 0.05) is 17.3 Å². The molecular weight excluding hydrogens is 328 g/mol. The van der Waals surface area contributed by atoms with Crippen LogP contribution in [0.25, 0.3) is 0 Å². The Bertz CT molecular complexity index is 739. The first kappa shape index (κ1) is 19.5. The lowest BCUT2D eigenvalue weighted by molar-refractivity contribution is -0.122. The van der Waals surface area contributed by atoms with Gasteiger partial charge in [-0.2, -0.15) is 0 Å². The van der Waals surface area contributed by atoms with Crippen LogP contribution in [0.3, 0.4) is 0 Å². The molecule has 2 aromatic carbocycles. The maximum atomic E-state index is 12.3. The second-order valence-corrected chi connectivity index (χ2v) is 6.42. The van der Waals surface area contributed by atoms with Gasteiger partial charge in [-0.1, -0.05) is 24.6 Å². The van der Waals surface area contributed by atoms with Crippen LogP contribution in [-0.2, 0) is 4.79 Å². The highest BCUT2D eigenvalue weighted by Gasteiger charge is 2.15. The number of nitrogens with one attached hydrogen (secondary N) is 2. The number of carbonyl (C=O) groups is 2. The summed E-state index contributed by atoms with van der Waals surface area (Å²) in [4.78, 5) is 24.3. The molecule has 138 valence electrons. The molecule has 0 saturated heterocycles. The van der Waals surface area contributed by atoms with E-state index in [1.807, 2.05) is 45.0 Å². The molecule has 0 radical (unpaired) electrons. The Morgan fingerprint density at radius 2 is 1.62 bits per heavy atom. The molecular formula is C21H26N2O3. The Hall–Kier alpha value is -2.82. The Morgan fingerprint density at radius 3 is 2.19 bits per heavy atom. The molecule has 0 aliphatic rings. The van der Waals surface area contributed by atoms with Gasteiger partial charge in [0.2, 0.25) is 0 Å². The molecule has 0 aromatic heterocycles. The smallest absolute Gasteiger partial charge is 0.265 e. The van der Waals surface area contributed by atoms with Crippen LogP contribution in [0.15, 0.2) is 48.5 Å². The number of ether oxygens (including phenoxy) is 1. The molecule has 2 N–H and O–H groups in total. The molecule has 0 aliphatic carbocycles. The summed E-state index contributed by atoms with van der Waals surface area (Å²) in [7, 11) is 0. The van der Waals surface area contributed by atoms with Gasteiger partial charge < -0.3 is 15.4 Å². The molecule has 2 rings (SSSR count). The SMILES string of the molecule is CCC(C)NC(=O)c1ccc(NC(=O)C(C)Oc2ccc(C)cc2)cc1. The first-order valence-corrected chi connectivity index (χ1v) is 8.84. The Balaban J connectivity index is 1.92. The van der Waals surface area contributed by atoms with Gasteiger partial charge in [0.15, 0.2) is 6.10 Å². The molecule has 5 nitrogen and oxygen atoms in total. The number of hydrogen-bond donors (Lipinski definition) is 2. The zero-order valence-electron chi connectivity index (χ0n) is 15.7. The van der Waals surface area contributed by atoms with E-state index in [9.17, 15) is 9.59 Å². The summed E-state index contributed by atoms with van der Waals surface area (Å²) in [6.45, 7) is 7.67. The maximum Gasteiger partial charge on any atom is 0.265 e. The Labute approximate surface area is 154 Å². The fourth-order valence-electron chi connectivity index (χ4n) is 2.23. The van der Waals surface area contributed by atoms with Gasteiger partial charge in [-0.05, 0) is 63.6 Å². The predicted octanol–water partition coefficient (Wildman–Crippen LogP) is 3.93. The van der Waals surface area contributed by atoms with Gasteiger partial charge in [-0.25, -0.2) is 0 Å². The second kappa shape index (κ2) is 9.04. The average molecular weight is 354 g/mol. The lowest BCUT2D eigenvalue weighted by atomic mass is 10.1. The van der Waals surface area contributed by atoms with Crippen molar-refractivity contribution >= 4 is 17.5 Å². The average Bonchev–Trinajstić information content (AvgIpc) is 2.63. The molecule has 0 fully saturated rings. The van der Waals surface area contributed by atoms with E-state index in [-0.39, 0.29) is 17.9 Å². The van der Waals surface area contributed by atoms with Crippen molar-refractivity contribution in [3.05, 3.63) is 59.7 Å². The molecule has 5 heteroatoms. The molecule has 2 unspecified atom stereocenters. The van der Waals surface area contributed by atoms with Crippen LogP contribution in [0.5, 0.6) is 5.75 Å². The Morgan fingerprint density at radius 1 is 1.00 bits per heavy atom. The Kier molecular flexibility index (Phi) is 6.78. The minimum absolute atomic E-state index is 0.117. The summed E-state index contributed by atoms with van der Waals surface area (Å²) < 4.78 is 5.65. The number of hydrogen-bond acceptors (Lipinski definition) is 3. The van der Waals surface area contributed by atoms with E-state index in [4.69, 9.17) is 4.74 Å². The quantitative estimate of drug-likeness (QED) is 0.792. The number of rotatable bonds is 7. The van der Waals surface area contributed by atoms with Crippen LogP contribution in [0.4, 0.5) is 5.69 Å². The number of amides is 2. The highest BCUT2D eigenvalue weighted by Crippen LogP contribution is 2.15. The van der Waals surface area contributed by atoms with Crippen molar-refractivity contribution in [3.8, 4) is 5.75 Å². The first-order chi connectivity index (χ1) is 12.4. The molecule has 0 aliphatic heterocycles. The molecule has 2 aromatic rings. The van der Waals surface area contributed by atoms with E-state index >= 15 is 0 Å². The summed E-state index contributed by atoms with van der Waals surface area (Å²) in [5, 5.41) is 5.71. The van der Waals surface area contributed by atoms with Gasteiger partial charge in [-0.15, -0.1) is 0 Å². The van der Waals surface area contributed by atoms with E-state index in [0.717, 1.165) is 12.0 Å². The topological polar surface area (TPSA) is 67.4 Å². The van der Waals surface area contributed by atoms with Crippen LogP contribution in [0.2, 0.25) is 0 Å². The number of benzene rings is 2. The van der Waals surface area contributed by atoms with Crippen molar-refractivity contribution in [2.45, 2.75) is 46.3 Å². The largest absolute Gasteiger partial charge is 0.481 e. The van der Waals surface area contributed by atoms with Gasteiger partial charge in [-0.3, -0.25) is 9.59 Å². The third-order valence-corrected chi connectivity index (χ3v) is 4.11. The highest BCUT2D eigenvalue weighted by atomic mass is 16.5. The van der Waals surface area contributed by atoms with E-state index in [2.05, 4.69) is 10.6 Å². The van der Waals surface area contributed by atoms with Gasteiger partial charge in [0.25, 0.3) is 11.8 Å². The van der Waals surface area contributed by atoms with Crippen molar-refractivity contribution < 1.29 is 14.3 Å². The van der Waals surface area contributed by atoms with E-state index < -0.39 is 6.10 Å². The summed E-state index contributed by atoms with van der Waals surface area (Å²) in [6, 6.07) is 14.5. The second-order valence-electron chi connectivity index (χ2n) is 6.42. The van der Waals surface area contributed by atoms with E-state index in [1.165, 1.54) is 0 Å². The summed E-state index contributed by atoms with van der Waals surface area (Å²) >= 11 is 0. The zero-order valence-corrected chi connectivity index (χ0v) is 15.7. The van der Waals surface area contributed by atoms with Crippen LogP contribution in [0.1, 0.15) is 43.1 Å². The monoisotopic (exact) mass is 354 g/mol. The minimum atomic E-state index is -0.633. The molecule has 0 bridgehead atoms. The molecule has 2 atom stereocenters. The van der Waals surface area contributed by atoms with Crippen molar-refractivity contribution in [3.63, 3.8) is 0 Å². The van der Waals surface area contributed by atoms with Crippen LogP contribution in [-0.4, -0.2) is 24.0 Å². The predicted molar refractivity (Wildman–Crippen MR) is 104 cm³/mol.